The minimum Gasteiger partial charge on any atom is -0.497 e. The molecule has 24 heavy (non-hydrogen) atoms. The van der Waals surface area contributed by atoms with Crippen molar-refractivity contribution in [1.82, 2.24) is 15.3 Å². The predicted molar refractivity (Wildman–Crippen MR) is 91.6 cm³/mol. The molecule has 3 aromatic rings. The van der Waals surface area contributed by atoms with Crippen molar-refractivity contribution < 1.29 is 9.53 Å². The zero-order valence-electron chi connectivity index (χ0n) is 13.3. The standard InChI is InChI=1S/C19H17N3O2/c1-24-17-8-2-5-14(11-17)19(23)22-13-16-7-4-10-21-18(16)15-6-3-9-20-12-15/h2-12H,13H2,1H3,(H,22,23). The highest BCUT2D eigenvalue weighted by Crippen LogP contribution is 2.20. The SMILES string of the molecule is COc1cccc(C(=O)NCc2cccnc2-c2cccnc2)c1. The van der Waals surface area contributed by atoms with Gasteiger partial charge in [0.15, 0.2) is 0 Å². The van der Waals surface area contributed by atoms with E-state index in [2.05, 4.69) is 15.3 Å². The molecule has 1 N–H and O–H groups in total. The number of hydrogen-bond donors (Lipinski definition) is 1. The Balaban J connectivity index is 1.76. The lowest BCUT2D eigenvalue weighted by atomic mass is 10.1. The molecule has 5 nitrogen and oxygen atoms in total. The van der Waals surface area contributed by atoms with Gasteiger partial charge in [-0.3, -0.25) is 14.8 Å². The number of ether oxygens (including phenoxy) is 1. The number of hydrogen-bond acceptors (Lipinski definition) is 4. The van der Waals surface area contributed by atoms with Crippen molar-refractivity contribution in [1.29, 1.82) is 0 Å². The fraction of sp³-hybridized carbons (Fsp3) is 0.105. The van der Waals surface area contributed by atoms with Crippen LogP contribution < -0.4 is 10.1 Å². The summed E-state index contributed by atoms with van der Waals surface area (Å²) < 4.78 is 5.15. The molecule has 0 saturated heterocycles. The highest BCUT2D eigenvalue weighted by Gasteiger charge is 2.10. The summed E-state index contributed by atoms with van der Waals surface area (Å²) in [5, 5.41) is 2.92. The van der Waals surface area contributed by atoms with E-state index in [1.807, 2.05) is 24.3 Å². The molecule has 0 fully saturated rings. The van der Waals surface area contributed by atoms with Gasteiger partial charge in [0, 0.05) is 36.3 Å². The molecule has 0 bridgehead atoms. The van der Waals surface area contributed by atoms with Gasteiger partial charge in [-0.15, -0.1) is 0 Å². The molecule has 1 amide bonds. The molecular formula is C19H17N3O2. The molecule has 120 valence electrons. The molecule has 0 aliphatic carbocycles. The first-order chi connectivity index (χ1) is 11.8. The third kappa shape index (κ3) is 3.57. The molecule has 0 spiro atoms. The molecular weight excluding hydrogens is 302 g/mol. The van der Waals surface area contributed by atoms with Crippen molar-refractivity contribution in [2.24, 2.45) is 0 Å². The van der Waals surface area contributed by atoms with Gasteiger partial charge in [-0.1, -0.05) is 12.1 Å². The van der Waals surface area contributed by atoms with E-state index in [0.29, 0.717) is 17.9 Å². The third-order valence-electron chi connectivity index (χ3n) is 3.60. The van der Waals surface area contributed by atoms with Crippen molar-refractivity contribution in [2.75, 3.05) is 7.11 Å². The van der Waals surface area contributed by atoms with Crippen molar-refractivity contribution >= 4 is 5.91 Å². The minimum absolute atomic E-state index is 0.158. The monoisotopic (exact) mass is 319 g/mol. The maximum atomic E-state index is 12.3. The normalized spacial score (nSPS) is 10.2. The lowest BCUT2D eigenvalue weighted by Crippen LogP contribution is -2.23. The summed E-state index contributed by atoms with van der Waals surface area (Å²) in [4.78, 5) is 20.9. The summed E-state index contributed by atoms with van der Waals surface area (Å²) in [6.45, 7) is 0.383. The number of pyridine rings is 2. The van der Waals surface area contributed by atoms with Crippen LogP contribution in [0.25, 0.3) is 11.3 Å². The van der Waals surface area contributed by atoms with Crippen molar-refractivity contribution in [2.45, 2.75) is 6.54 Å². The first-order valence-corrected chi connectivity index (χ1v) is 7.54. The number of carbonyl (C=O) groups excluding carboxylic acids is 1. The van der Waals surface area contributed by atoms with Crippen LogP contribution in [0.4, 0.5) is 0 Å². The molecule has 2 aromatic heterocycles. The zero-order valence-corrected chi connectivity index (χ0v) is 13.3. The number of rotatable bonds is 5. The largest absolute Gasteiger partial charge is 0.497 e. The summed E-state index contributed by atoms with van der Waals surface area (Å²) in [6.07, 6.45) is 5.21. The Morgan fingerprint density at radius 1 is 1.12 bits per heavy atom. The van der Waals surface area contributed by atoms with Crippen LogP contribution >= 0.6 is 0 Å². The molecule has 0 atom stereocenters. The molecule has 0 aliphatic rings. The fourth-order valence-corrected chi connectivity index (χ4v) is 2.39. The number of amides is 1. The molecule has 0 saturated carbocycles. The van der Waals surface area contributed by atoms with Crippen LogP contribution in [-0.4, -0.2) is 23.0 Å². The lowest BCUT2D eigenvalue weighted by molar-refractivity contribution is 0.0950. The van der Waals surface area contributed by atoms with Gasteiger partial charge in [-0.05, 0) is 42.0 Å². The minimum atomic E-state index is -0.158. The first-order valence-electron chi connectivity index (χ1n) is 7.54. The zero-order chi connectivity index (χ0) is 16.8. The Labute approximate surface area is 140 Å². The van der Waals surface area contributed by atoms with E-state index in [9.17, 15) is 4.79 Å². The average molecular weight is 319 g/mol. The summed E-state index contributed by atoms with van der Waals surface area (Å²) in [5.74, 6) is 0.495. The van der Waals surface area contributed by atoms with E-state index < -0.39 is 0 Å². The Hall–Kier alpha value is -3.21. The quantitative estimate of drug-likeness (QED) is 0.785. The summed E-state index contributed by atoms with van der Waals surface area (Å²) in [6, 6.07) is 14.7. The lowest BCUT2D eigenvalue weighted by Gasteiger charge is -2.10. The number of nitrogens with zero attached hydrogens (tertiary/aromatic N) is 2. The molecule has 2 heterocycles. The Morgan fingerprint density at radius 3 is 2.79 bits per heavy atom. The van der Waals surface area contributed by atoms with Gasteiger partial charge in [0.25, 0.3) is 5.91 Å². The van der Waals surface area contributed by atoms with Crippen LogP contribution in [0, 0.1) is 0 Å². The Morgan fingerprint density at radius 2 is 2.00 bits per heavy atom. The van der Waals surface area contributed by atoms with Crippen LogP contribution in [-0.2, 0) is 6.54 Å². The van der Waals surface area contributed by atoms with Crippen LogP contribution in [0.15, 0.2) is 67.1 Å². The highest BCUT2D eigenvalue weighted by molar-refractivity contribution is 5.94. The van der Waals surface area contributed by atoms with Gasteiger partial charge >= 0.3 is 0 Å². The van der Waals surface area contributed by atoms with Crippen molar-refractivity contribution in [3.8, 4) is 17.0 Å². The first kappa shape index (κ1) is 15.7. The van der Waals surface area contributed by atoms with Gasteiger partial charge in [0.2, 0.25) is 0 Å². The van der Waals surface area contributed by atoms with E-state index in [0.717, 1.165) is 16.8 Å². The summed E-state index contributed by atoms with van der Waals surface area (Å²) >= 11 is 0. The average Bonchev–Trinajstić information content (AvgIpc) is 2.67. The third-order valence-corrected chi connectivity index (χ3v) is 3.60. The topological polar surface area (TPSA) is 64.1 Å². The molecule has 0 unspecified atom stereocenters. The van der Waals surface area contributed by atoms with Crippen LogP contribution in [0.1, 0.15) is 15.9 Å². The van der Waals surface area contributed by atoms with Crippen LogP contribution in [0.3, 0.4) is 0 Å². The smallest absolute Gasteiger partial charge is 0.251 e. The van der Waals surface area contributed by atoms with E-state index in [4.69, 9.17) is 4.74 Å². The number of benzene rings is 1. The Kier molecular flexibility index (Phi) is 4.81. The number of aromatic nitrogens is 2. The van der Waals surface area contributed by atoms with Gasteiger partial charge in [0.1, 0.15) is 5.75 Å². The van der Waals surface area contributed by atoms with Crippen LogP contribution in [0.2, 0.25) is 0 Å². The van der Waals surface area contributed by atoms with Crippen molar-refractivity contribution in [3.05, 3.63) is 78.2 Å². The second-order valence-electron chi connectivity index (χ2n) is 5.17. The fourth-order valence-electron chi connectivity index (χ4n) is 2.39. The van der Waals surface area contributed by atoms with Crippen molar-refractivity contribution in [3.63, 3.8) is 0 Å². The maximum absolute atomic E-state index is 12.3. The van der Waals surface area contributed by atoms with E-state index in [1.165, 1.54) is 0 Å². The highest BCUT2D eigenvalue weighted by atomic mass is 16.5. The van der Waals surface area contributed by atoms with Crippen LogP contribution in [0.5, 0.6) is 5.75 Å². The van der Waals surface area contributed by atoms with E-state index in [-0.39, 0.29) is 5.91 Å². The number of nitrogens with one attached hydrogen (secondary N) is 1. The van der Waals surface area contributed by atoms with Gasteiger partial charge in [-0.25, -0.2) is 0 Å². The maximum Gasteiger partial charge on any atom is 0.251 e. The molecule has 0 radical (unpaired) electrons. The van der Waals surface area contributed by atoms with E-state index >= 15 is 0 Å². The Bertz CT molecular complexity index is 835. The molecule has 3 rings (SSSR count). The number of carbonyl (C=O) groups is 1. The van der Waals surface area contributed by atoms with Gasteiger partial charge in [0.05, 0.1) is 12.8 Å². The second-order valence-corrected chi connectivity index (χ2v) is 5.17. The second kappa shape index (κ2) is 7.37. The predicted octanol–water partition coefficient (Wildman–Crippen LogP) is 3.08. The number of methoxy groups -OCH3 is 1. The summed E-state index contributed by atoms with van der Waals surface area (Å²) in [7, 11) is 1.58. The van der Waals surface area contributed by atoms with Gasteiger partial charge < -0.3 is 10.1 Å². The molecule has 5 heteroatoms. The van der Waals surface area contributed by atoms with E-state index in [1.54, 1.807) is 50.0 Å². The molecule has 0 aliphatic heterocycles. The molecule has 1 aromatic carbocycles. The van der Waals surface area contributed by atoms with Gasteiger partial charge in [-0.2, -0.15) is 0 Å². The summed E-state index contributed by atoms with van der Waals surface area (Å²) in [5.41, 5.74) is 3.23.